The van der Waals surface area contributed by atoms with E-state index in [0.29, 0.717) is 5.56 Å². The van der Waals surface area contributed by atoms with Crippen LogP contribution in [-0.4, -0.2) is 0 Å². The summed E-state index contributed by atoms with van der Waals surface area (Å²) < 4.78 is 25.3. The Kier molecular flexibility index (Phi) is 3.67. The normalized spacial score (nSPS) is 12.9. The number of rotatable bonds is 3. The summed E-state index contributed by atoms with van der Waals surface area (Å²) >= 11 is 5.94. The topological polar surface area (TPSA) is 0 Å². The average Bonchev–Trinajstić information content (AvgIpc) is 2.10. The van der Waals surface area contributed by atoms with Crippen LogP contribution in [0.5, 0.6) is 0 Å². The third kappa shape index (κ3) is 2.66. The molecule has 1 unspecified atom stereocenters. The van der Waals surface area contributed by atoms with Gasteiger partial charge in [0.25, 0.3) is 0 Å². The Morgan fingerprint density at radius 3 is 2.54 bits per heavy atom. The number of hydrogen-bond acceptors (Lipinski definition) is 0. The van der Waals surface area contributed by atoms with Gasteiger partial charge in [-0.1, -0.05) is 19.4 Å². The highest BCUT2D eigenvalue weighted by atomic mass is 35.5. The first-order chi connectivity index (χ1) is 6.15. The molecule has 0 aliphatic rings. The maximum absolute atomic E-state index is 12.7. The van der Waals surface area contributed by atoms with Crippen molar-refractivity contribution < 1.29 is 8.78 Å². The van der Waals surface area contributed by atoms with Gasteiger partial charge in [-0.05, 0) is 24.1 Å². The van der Waals surface area contributed by atoms with Crippen LogP contribution in [0.4, 0.5) is 8.78 Å². The second-order valence-corrected chi connectivity index (χ2v) is 3.46. The minimum absolute atomic E-state index is 0.222. The molecule has 1 aromatic rings. The summed E-state index contributed by atoms with van der Waals surface area (Å²) in [5.41, 5.74) is 0.641. The van der Waals surface area contributed by atoms with E-state index in [2.05, 4.69) is 0 Å². The molecule has 0 saturated carbocycles. The molecule has 0 saturated heterocycles. The first-order valence-corrected chi connectivity index (χ1v) is 4.67. The largest absolute Gasteiger partial charge is 0.204 e. The molecule has 0 N–H and O–H groups in total. The number of alkyl halides is 1. The molecule has 13 heavy (non-hydrogen) atoms. The third-order valence-corrected chi connectivity index (χ3v) is 2.32. The number of benzene rings is 1. The molecular weight excluding hydrogens is 194 g/mol. The van der Waals surface area contributed by atoms with Crippen molar-refractivity contribution in [1.29, 1.82) is 0 Å². The summed E-state index contributed by atoms with van der Waals surface area (Å²) in [6.45, 7) is 2.00. The molecule has 0 aliphatic heterocycles. The Morgan fingerprint density at radius 2 is 2.00 bits per heavy atom. The molecule has 1 aromatic carbocycles. The molecule has 0 aromatic heterocycles. The van der Waals surface area contributed by atoms with Gasteiger partial charge in [-0.3, -0.25) is 0 Å². The molecule has 0 spiro atoms. The molecule has 0 nitrogen and oxygen atoms in total. The molecule has 0 fully saturated rings. The van der Waals surface area contributed by atoms with Crippen LogP contribution >= 0.6 is 11.6 Å². The van der Waals surface area contributed by atoms with Crippen LogP contribution in [0.15, 0.2) is 18.2 Å². The quantitative estimate of drug-likeness (QED) is 0.652. The lowest BCUT2D eigenvalue weighted by molar-refractivity contribution is 0.506. The van der Waals surface area contributed by atoms with Crippen LogP contribution < -0.4 is 0 Å². The maximum Gasteiger partial charge on any atom is 0.159 e. The van der Waals surface area contributed by atoms with Gasteiger partial charge in [0, 0.05) is 0 Å². The predicted molar refractivity (Wildman–Crippen MR) is 49.9 cm³/mol. The van der Waals surface area contributed by atoms with Gasteiger partial charge in [-0.15, -0.1) is 11.6 Å². The van der Waals surface area contributed by atoms with Gasteiger partial charge in [-0.2, -0.15) is 0 Å². The standard InChI is InChI=1S/C10H11ClF2/c1-2-3-8(11)7-4-5-9(12)10(13)6-7/h4-6,8H,2-3H2,1H3. The van der Waals surface area contributed by atoms with E-state index < -0.39 is 11.6 Å². The van der Waals surface area contributed by atoms with E-state index in [4.69, 9.17) is 11.6 Å². The summed E-state index contributed by atoms with van der Waals surface area (Å²) in [4.78, 5) is 0. The Hall–Kier alpha value is -0.630. The van der Waals surface area contributed by atoms with Crippen molar-refractivity contribution in [1.82, 2.24) is 0 Å². The van der Waals surface area contributed by atoms with E-state index >= 15 is 0 Å². The van der Waals surface area contributed by atoms with Crippen molar-refractivity contribution in [3.05, 3.63) is 35.4 Å². The second-order valence-electron chi connectivity index (χ2n) is 2.93. The lowest BCUT2D eigenvalue weighted by atomic mass is 10.1. The van der Waals surface area contributed by atoms with Gasteiger partial charge in [0.2, 0.25) is 0 Å². The Morgan fingerprint density at radius 1 is 1.31 bits per heavy atom. The highest BCUT2D eigenvalue weighted by molar-refractivity contribution is 6.20. The van der Waals surface area contributed by atoms with Crippen LogP contribution in [0.1, 0.15) is 30.7 Å². The number of halogens is 3. The molecule has 0 heterocycles. The van der Waals surface area contributed by atoms with E-state index in [1.807, 2.05) is 6.92 Å². The van der Waals surface area contributed by atoms with Crippen molar-refractivity contribution in [2.45, 2.75) is 25.1 Å². The lowest BCUT2D eigenvalue weighted by Crippen LogP contribution is -1.92. The van der Waals surface area contributed by atoms with Crippen molar-refractivity contribution >= 4 is 11.6 Å². The highest BCUT2D eigenvalue weighted by Crippen LogP contribution is 2.26. The summed E-state index contributed by atoms with van der Waals surface area (Å²) in [6, 6.07) is 3.78. The van der Waals surface area contributed by atoms with Crippen LogP contribution in [0.2, 0.25) is 0 Å². The molecule has 0 aliphatic carbocycles. The first kappa shape index (κ1) is 10.5. The Labute approximate surface area is 81.5 Å². The second kappa shape index (κ2) is 4.56. The molecule has 0 radical (unpaired) electrons. The summed E-state index contributed by atoms with van der Waals surface area (Å²) in [5.74, 6) is -1.66. The lowest BCUT2D eigenvalue weighted by Gasteiger charge is -2.07. The fraction of sp³-hybridized carbons (Fsp3) is 0.400. The molecule has 0 amide bonds. The minimum atomic E-state index is -0.834. The smallest absolute Gasteiger partial charge is 0.159 e. The molecule has 0 bridgehead atoms. The molecule has 1 rings (SSSR count). The van der Waals surface area contributed by atoms with Crippen LogP contribution in [0.3, 0.4) is 0 Å². The van der Waals surface area contributed by atoms with Gasteiger partial charge in [0.1, 0.15) is 0 Å². The summed E-state index contributed by atoms with van der Waals surface area (Å²) in [7, 11) is 0. The van der Waals surface area contributed by atoms with Crippen molar-refractivity contribution in [2.75, 3.05) is 0 Å². The zero-order chi connectivity index (χ0) is 9.84. The fourth-order valence-electron chi connectivity index (χ4n) is 1.13. The van der Waals surface area contributed by atoms with E-state index in [1.54, 1.807) is 0 Å². The van der Waals surface area contributed by atoms with Crippen LogP contribution in [0.25, 0.3) is 0 Å². The van der Waals surface area contributed by atoms with E-state index in [0.717, 1.165) is 25.0 Å². The van der Waals surface area contributed by atoms with Crippen molar-refractivity contribution in [3.8, 4) is 0 Å². The van der Waals surface area contributed by atoms with Crippen LogP contribution in [0, 0.1) is 11.6 Å². The summed E-state index contributed by atoms with van der Waals surface area (Å²) in [5, 5.41) is -0.222. The maximum atomic E-state index is 12.7. The minimum Gasteiger partial charge on any atom is -0.204 e. The summed E-state index contributed by atoms with van der Waals surface area (Å²) in [6.07, 6.45) is 1.69. The highest BCUT2D eigenvalue weighted by Gasteiger charge is 2.09. The third-order valence-electron chi connectivity index (χ3n) is 1.85. The van der Waals surface area contributed by atoms with Gasteiger partial charge in [0.15, 0.2) is 11.6 Å². The van der Waals surface area contributed by atoms with Crippen molar-refractivity contribution in [2.24, 2.45) is 0 Å². The van der Waals surface area contributed by atoms with E-state index in [-0.39, 0.29) is 5.38 Å². The van der Waals surface area contributed by atoms with Gasteiger partial charge < -0.3 is 0 Å². The zero-order valence-corrected chi connectivity index (χ0v) is 8.11. The van der Waals surface area contributed by atoms with E-state index in [9.17, 15) is 8.78 Å². The predicted octanol–water partition coefficient (Wildman–Crippen LogP) is 4.04. The average molecular weight is 205 g/mol. The zero-order valence-electron chi connectivity index (χ0n) is 7.36. The monoisotopic (exact) mass is 204 g/mol. The van der Waals surface area contributed by atoms with Gasteiger partial charge in [-0.25, -0.2) is 8.78 Å². The fourth-order valence-corrected chi connectivity index (χ4v) is 1.48. The SMILES string of the molecule is CCCC(Cl)c1ccc(F)c(F)c1. The van der Waals surface area contributed by atoms with Gasteiger partial charge >= 0.3 is 0 Å². The molecule has 1 atom stereocenters. The van der Waals surface area contributed by atoms with Crippen LogP contribution in [-0.2, 0) is 0 Å². The Bertz CT molecular complexity index is 286. The molecular formula is C10H11ClF2. The molecule has 72 valence electrons. The Balaban J connectivity index is 2.84. The molecule has 3 heteroatoms. The van der Waals surface area contributed by atoms with Crippen molar-refractivity contribution in [3.63, 3.8) is 0 Å². The number of hydrogen-bond donors (Lipinski definition) is 0. The van der Waals surface area contributed by atoms with Gasteiger partial charge in [0.05, 0.1) is 5.38 Å². The van der Waals surface area contributed by atoms with E-state index in [1.165, 1.54) is 6.07 Å². The first-order valence-electron chi connectivity index (χ1n) is 4.24.